The van der Waals surface area contributed by atoms with Crippen LogP contribution in [0.5, 0.6) is 0 Å². The number of carbonyl (C=O) groups is 3. The molecule has 2 unspecified atom stereocenters. The number of aliphatic carboxylic acids is 1. The summed E-state index contributed by atoms with van der Waals surface area (Å²) in [6.07, 6.45) is 2.52. The van der Waals surface area contributed by atoms with Crippen molar-refractivity contribution in [2.75, 3.05) is 11.5 Å². The number of hydrogen-bond acceptors (Lipinski definition) is 13. The molecule has 2 aliphatic heterocycles. The van der Waals surface area contributed by atoms with Crippen LogP contribution < -0.4 is 11.1 Å². The standard InChI is InChI=1S/C18H17N9O5S3/c1-3-32-23-10(8-6-35-18(19)20-8)14(28)21-11-15(29)27-12(17(30)31)7(5-34-16(11)27)4-9(33)13-22-24-25-26(13)2/h3-4,6,11,16,33H,1,5H2,2H3,(H2,19,20)(H,21,28)(H,30,31). The van der Waals surface area contributed by atoms with Gasteiger partial charge >= 0.3 is 5.97 Å². The SMILES string of the molecule is C=CON=C(C(=O)NC1C(=O)N2C(C(=O)O)=C(C=C(S)c3nnnn3C)CSC12)c1csc(N)n1. The number of rotatable bonds is 8. The number of carboxylic acids is 1. The first-order chi connectivity index (χ1) is 16.7. The van der Waals surface area contributed by atoms with Crippen LogP contribution in [0.4, 0.5) is 5.13 Å². The number of β-lactam (4-membered cyclic amide) rings is 1. The van der Waals surface area contributed by atoms with E-state index in [-0.39, 0.29) is 28.0 Å². The van der Waals surface area contributed by atoms with Gasteiger partial charge in [-0.15, -0.1) is 40.8 Å². The van der Waals surface area contributed by atoms with Gasteiger partial charge in [0.1, 0.15) is 29.1 Å². The van der Waals surface area contributed by atoms with Crippen LogP contribution in [0.15, 0.2) is 40.7 Å². The molecule has 2 aliphatic rings. The first-order valence-corrected chi connectivity index (χ1v) is 12.0. The number of nitrogen functional groups attached to an aromatic ring is 1. The van der Waals surface area contributed by atoms with Gasteiger partial charge in [0.25, 0.3) is 11.8 Å². The van der Waals surface area contributed by atoms with E-state index in [0.29, 0.717) is 16.3 Å². The molecule has 2 aromatic rings. The molecule has 4 rings (SSSR count). The number of allylic oxidation sites excluding steroid dienone is 1. The highest BCUT2D eigenvalue weighted by Crippen LogP contribution is 2.41. The zero-order valence-electron chi connectivity index (χ0n) is 17.9. The molecule has 4 N–H and O–H groups in total. The number of nitrogens with two attached hydrogens (primary N) is 1. The number of carboxylic acid groups (broad SMARTS) is 1. The Kier molecular flexibility index (Phi) is 6.90. The maximum Gasteiger partial charge on any atom is 0.352 e. The molecule has 0 radical (unpaired) electrons. The van der Waals surface area contributed by atoms with Gasteiger partial charge in [-0.05, 0) is 22.1 Å². The minimum absolute atomic E-state index is 0.157. The second-order valence-corrected chi connectivity index (χ2v) is 9.46. The average Bonchev–Trinajstić information content (AvgIpc) is 3.45. The van der Waals surface area contributed by atoms with E-state index in [1.165, 1.54) is 27.9 Å². The minimum Gasteiger partial charge on any atom is -0.477 e. The predicted octanol–water partition coefficient (Wildman–Crippen LogP) is -0.177. The van der Waals surface area contributed by atoms with Gasteiger partial charge < -0.3 is 21.0 Å². The normalized spacial score (nSPS) is 20.3. The lowest BCUT2D eigenvalue weighted by Gasteiger charge is -2.49. The molecule has 1 saturated heterocycles. The molecular formula is C18H17N9O5S3. The zero-order chi connectivity index (χ0) is 25.3. The van der Waals surface area contributed by atoms with Crippen molar-refractivity contribution in [1.29, 1.82) is 0 Å². The van der Waals surface area contributed by atoms with Crippen molar-refractivity contribution in [3.05, 3.63) is 47.1 Å². The van der Waals surface area contributed by atoms with Gasteiger partial charge in [0.2, 0.25) is 0 Å². The molecule has 0 bridgehead atoms. The highest BCUT2D eigenvalue weighted by Gasteiger charge is 2.54. The van der Waals surface area contributed by atoms with Gasteiger partial charge in [0.05, 0.1) is 4.91 Å². The lowest BCUT2D eigenvalue weighted by Crippen LogP contribution is -2.71. The van der Waals surface area contributed by atoms with Crippen LogP contribution in [0.3, 0.4) is 0 Å². The number of nitrogens with one attached hydrogen (secondary N) is 1. The third-order valence-corrected chi connectivity index (χ3v) is 7.15. The van der Waals surface area contributed by atoms with Crippen LogP contribution in [-0.4, -0.2) is 75.9 Å². The van der Waals surface area contributed by atoms with Gasteiger partial charge in [-0.25, -0.2) is 14.5 Å². The summed E-state index contributed by atoms with van der Waals surface area (Å²) in [7, 11) is 1.61. The van der Waals surface area contributed by atoms with Crippen LogP contribution >= 0.6 is 35.7 Å². The van der Waals surface area contributed by atoms with Crippen LogP contribution in [0, 0.1) is 0 Å². The molecule has 0 spiro atoms. The van der Waals surface area contributed by atoms with E-state index in [1.54, 1.807) is 7.05 Å². The number of aryl methyl sites for hydroxylation is 1. The summed E-state index contributed by atoms with van der Waals surface area (Å²) in [5, 5.41) is 28.3. The van der Waals surface area contributed by atoms with Gasteiger partial charge in [0, 0.05) is 18.2 Å². The highest BCUT2D eigenvalue weighted by molar-refractivity contribution is 8.00. The fourth-order valence-corrected chi connectivity index (χ4v) is 5.53. The van der Waals surface area contributed by atoms with Crippen LogP contribution in [0.25, 0.3) is 4.91 Å². The number of fused-ring (bicyclic) bond motifs is 1. The first kappa shape index (κ1) is 24.4. The van der Waals surface area contributed by atoms with E-state index in [2.05, 4.69) is 50.2 Å². The van der Waals surface area contributed by atoms with E-state index < -0.39 is 29.2 Å². The number of oxime groups is 1. The molecule has 2 atom stereocenters. The maximum atomic E-state index is 12.9. The summed E-state index contributed by atoms with van der Waals surface area (Å²) in [5.41, 5.74) is 5.73. The topological polar surface area (TPSA) is 191 Å². The van der Waals surface area contributed by atoms with Crippen molar-refractivity contribution in [2.45, 2.75) is 11.4 Å². The summed E-state index contributed by atoms with van der Waals surface area (Å²) in [6, 6.07) is -0.990. The Morgan fingerprint density at radius 1 is 1.49 bits per heavy atom. The van der Waals surface area contributed by atoms with E-state index in [9.17, 15) is 19.5 Å². The number of anilines is 1. The molecule has 35 heavy (non-hydrogen) atoms. The maximum absolute atomic E-state index is 12.9. The van der Waals surface area contributed by atoms with Crippen molar-refractivity contribution >= 4 is 69.3 Å². The highest BCUT2D eigenvalue weighted by atomic mass is 32.2. The van der Waals surface area contributed by atoms with Gasteiger partial charge in [0.15, 0.2) is 16.7 Å². The molecule has 2 amide bonds. The van der Waals surface area contributed by atoms with Crippen molar-refractivity contribution < 1.29 is 24.3 Å². The quantitative estimate of drug-likeness (QED) is 0.115. The molecule has 4 heterocycles. The fourth-order valence-electron chi connectivity index (χ4n) is 3.33. The van der Waals surface area contributed by atoms with E-state index in [1.807, 2.05) is 0 Å². The number of aromatic nitrogens is 5. The number of carbonyl (C=O) groups excluding carboxylic acids is 2. The second kappa shape index (κ2) is 9.88. The number of tetrazole rings is 1. The van der Waals surface area contributed by atoms with Gasteiger partial charge in [-0.3, -0.25) is 14.5 Å². The third kappa shape index (κ3) is 4.64. The summed E-state index contributed by atoms with van der Waals surface area (Å²) in [5.74, 6) is -2.07. The third-order valence-electron chi connectivity index (χ3n) is 4.85. The van der Waals surface area contributed by atoms with Crippen molar-refractivity contribution in [3.63, 3.8) is 0 Å². The molecule has 0 aliphatic carbocycles. The lowest BCUT2D eigenvalue weighted by atomic mass is 10.0. The molecule has 17 heteroatoms. The predicted molar refractivity (Wildman–Crippen MR) is 130 cm³/mol. The number of thiazole rings is 1. The van der Waals surface area contributed by atoms with Crippen molar-refractivity contribution in [2.24, 2.45) is 12.2 Å². The summed E-state index contributed by atoms with van der Waals surface area (Å²) < 4.78 is 1.38. The molecule has 14 nitrogen and oxygen atoms in total. The lowest BCUT2D eigenvalue weighted by molar-refractivity contribution is -0.150. The number of nitrogens with zero attached hydrogens (tertiary/aromatic N) is 7. The molecule has 2 aromatic heterocycles. The summed E-state index contributed by atoms with van der Waals surface area (Å²) in [4.78, 5) is 48.1. The fraction of sp³-hybridized carbons (Fsp3) is 0.222. The number of thiol groups is 1. The Morgan fingerprint density at radius 2 is 2.26 bits per heavy atom. The molecule has 0 aromatic carbocycles. The number of amides is 2. The summed E-state index contributed by atoms with van der Waals surface area (Å²) >= 11 is 6.75. The van der Waals surface area contributed by atoms with Crippen molar-refractivity contribution in [1.82, 2.24) is 35.4 Å². The molecule has 1 fully saturated rings. The largest absolute Gasteiger partial charge is 0.477 e. The monoisotopic (exact) mass is 535 g/mol. The Balaban J connectivity index is 1.57. The number of hydrogen-bond donors (Lipinski definition) is 4. The van der Waals surface area contributed by atoms with E-state index in [0.717, 1.165) is 22.5 Å². The Morgan fingerprint density at radius 3 is 2.86 bits per heavy atom. The van der Waals surface area contributed by atoms with Gasteiger partial charge in [-0.1, -0.05) is 11.7 Å². The Bertz CT molecular complexity index is 1310. The molecule has 182 valence electrons. The Labute approximate surface area is 211 Å². The molecular weight excluding hydrogens is 518 g/mol. The van der Waals surface area contributed by atoms with Crippen LogP contribution in [-0.2, 0) is 26.3 Å². The van der Waals surface area contributed by atoms with Crippen LogP contribution in [0.1, 0.15) is 11.5 Å². The smallest absolute Gasteiger partial charge is 0.352 e. The average molecular weight is 536 g/mol. The number of thioether (sulfide) groups is 1. The van der Waals surface area contributed by atoms with E-state index in [4.69, 9.17) is 10.6 Å². The summed E-state index contributed by atoms with van der Waals surface area (Å²) in [6.45, 7) is 3.37. The Hall–Kier alpha value is -3.70. The first-order valence-electron chi connectivity index (χ1n) is 9.64. The van der Waals surface area contributed by atoms with Crippen LogP contribution in [0.2, 0.25) is 0 Å². The van der Waals surface area contributed by atoms with Gasteiger partial charge in [-0.2, -0.15) is 0 Å². The van der Waals surface area contributed by atoms with E-state index >= 15 is 0 Å². The minimum atomic E-state index is -1.29. The molecule has 0 saturated carbocycles. The zero-order valence-corrected chi connectivity index (χ0v) is 20.4. The van der Waals surface area contributed by atoms with Crippen molar-refractivity contribution in [3.8, 4) is 0 Å². The second-order valence-electron chi connectivity index (χ2n) is 6.98.